The van der Waals surface area contributed by atoms with Gasteiger partial charge in [0.1, 0.15) is 5.82 Å². The molecule has 1 aromatic heterocycles. The molecule has 0 bridgehead atoms. The predicted octanol–water partition coefficient (Wildman–Crippen LogP) is 2.50. The van der Waals surface area contributed by atoms with Crippen molar-refractivity contribution in [2.75, 3.05) is 18.5 Å². The first-order valence-corrected chi connectivity index (χ1v) is 6.63. The predicted molar refractivity (Wildman–Crippen MR) is 66.0 cm³/mol. The minimum atomic E-state index is 0.366. The molecular weight excluding hydrogens is 222 g/mol. The Morgan fingerprint density at radius 2 is 2.38 bits per heavy atom. The first-order chi connectivity index (χ1) is 7.66. The summed E-state index contributed by atoms with van der Waals surface area (Å²) in [5, 5.41) is 4.29. The highest BCUT2D eigenvalue weighted by molar-refractivity contribution is 7.09. The van der Waals surface area contributed by atoms with Crippen LogP contribution < -0.4 is 5.32 Å². The molecule has 0 spiro atoms. The van der Waals surface area contributed by atoms with Gasteiger partial charge in [0.15, 0.2) is 0 Å². The molecule has 2 rings (SSSR count). The van der Waals surface area contributed by atoms with Crippen LogP contribution in [0, 0.1) is 5.92 Å². The molecule has 0 aromatic carbocycles. The molecule has 0 radical (unpaired) electrons. The lowest BCUT2D eigenvalue weighted by Crippen LogP contribution is -2.20. The first-order valence-electron chi connectivity index (χ1n) is 5.86. The molecule has 2 atom stereocenters. The van der Waals surface area contributed by atoms with Crippen molar-refractivity contribution in [1.29, 1.82) is 0 Å². The van der Waals surface area contributed by atoms with Gasteiger partial charge >= 0.3 is 0 Å². The van der Waals surface area contributed by atoms with Gasteiger partial charge in [-0.3, -0.25) is 0 Å². The van der Waals surface area contributed by atoms with E-state index in [4.69, 9.17) is 4.74 Å². The molecule has 1 N–H and O–H groups in total. The second-order valence-electron chi connectivity index (χ2n) is 4.62. The molecule has 1 aliphatic rings. The molecule has 90 valence electrons. The highest BCUT2D eigenvalue weighted by atomic mass is 32.1. The molecule has 1 aromatic rings. The van der Waals surface area contributed by atoms with Gasteiger partial charge < -0.3 is 10.1 Å². The van der Waals surface area contributed by atoms with E-state index in [1.54, 1.807) is 0 Å². The Bertz CT molecular complexity index is 340. The van der Waals surface area contributed by atoms with Gasteiger partial charge in [-0.1, -0.05) is 13.8 Å². The van der Waals surface area contributed by atoms with Crippen LogP contribution >= 0.6 is 11.5 Å². The van der Waals surface area contributed by atoms with Gasteiger partial charge in [-0.2, -0.15) is 4.37 Å². The highest BCUT2D eigenvalue weighted by Crippen LogP contribution is 2.22. The van der Waals surface area contributed by atoms with Gasteiger partial charge in [0.05, 0.1) is 6.10 Å². The lowest BCUT2D eigenvalue weighted by atomic mass is 10.0. The van der Waals surface area contributed by atoms with E-state index in [9.17, 15) is 0 Å². The van der Waals surface area contributed by atoms with Gasteiger partial charge in [0.2, 0.25) is 5.13 Å². The van der Waals surface area contributed by atoms with Gasteiger partial charge in [0, 0.05) is 36.5 Å². The number of nitrogens with zero attached hydrogens (tertiary/aromatic N) is 2. The number of nitrogens with one attached hydrogen (secondary N) is 1. The zero-order valence-corrected chi connectivity index (χ0v) is 10.9. The van der Waals surface area contributed by atoms with Crippen LogP contribution in [0.15, 0.2) is 0 Å². The molecule has 2 heterocycles. The van der Waals surface area contributed by atoms with Crippen molar-refractivity contribution in [2.45, 2.75) is 39.2 Å². The Morgan fingerprint density at radius 3 is 2.94 bits per heavy atom. The van der Waals surface area contributed by atoms with Gasteiger partial charge in [-0.15, -0.1) is 0 Å². The van der Waals surface area contributed by atoms with Crippen LogP contribution in [-0.4, -0.2) is 28.6 Å². The SMILES string of the molecule is CC(C)c1nsc(NCC2CCOC2C)n1. The summed E-state index contributed by atoms with van der Waals surface area (Å²) in [5.74, 6) is 1.94. The summed E-state index contributed by atoms with van der Waals surface area (Å²) in [7, 11) is 0. The fraction of sp³-hybridized carbons (Fsp3) is 0.818. The zero-order chi connectivity index (χ0) is 11.5. The van der Waals surface area contributed by atoms with Crippen LogP contribution in [0.5, 0.6) is 0 Å². The maximum atomic E-state index is 5.52. The number of ether oxygens (including phenoxy) is 1. The second-order valence-corrected chi connectivity index (χ2v) is 5.37. The van der Waals surface area contributed by atoms with Crippen LogP contribution in [0.2, 0.25) is 0 Å². The van der Waals surface area contributed by atoms with Crippen LogP contribution in [0.25, 0.3) is 0 Å². The van der Waals surface area contributed by atoms with E-state index in [2.05, 4.69) is 35.4 Å². The lowest BCUT2D eigenvalue weighted by Gasteiger charge is -2.13. The average Bonchev–Trinajstić information content (AvgIpc) is 2.83. The largest absolute Gasteiger partial charge is 0.378 e. The van der Waals surface area contributed by atoms with Crippen molar-refractivity contribution in [2.24, 2.45) is 5.92 Å². The van der Waals surface area contributed by atoms with Crippen LogP contribution in [-0.2, 0) is 4.74 Å². The standard InChI is InChI=1S/C11H19N3OS/c1-7(2)10-13-11(16-14-10)12-6-9-4-5-15-8(9)3/h7-9H,4-6H2,1-3H3,(H,12,13,14). The minimum Gasteiger partial charge on any atom is -0.378 e. The summed E-state index contributed by atoms with van der Waals surface area (Å²) >= 11 is 1.45. The molecule has 16 heavy (non-hydrogen) atoms. The Labute approximate surface area is 101 Å². The smallest absolute Gasteiger partial charge is 0.202 e. The molecule has 0 amide bonds. The third kappa shape index (κ3) is 2.71. The molecule has 2 unspecified atom stereocenters. The number of rotatable bonds is 4. The van der Waals surface area contributed by atoms with Crippen molar-refractivity contribution in [3.8, 4) is 0 Å². The summed E-state index contributed by atoms with van der Waals surface area (Å²) < 4.78 is 9.84. The maximum absolute atomic E-state index is 5.52. The van der Waals surface area contributed by atoms with Gasteiger partial charge in [0.25, 0.3) is 0 Å². The van der Waals surface area contributed by atoms with E-state index >= 15 is 0 Å². The Morgan fingerprint density at radius 1 is 1.56 bits per heavy atom. The van der Waals surface area contributed by atoms with Crippen molar-refractivity contribution < 1.29 is 4.74 Å². The topological polar surface area (TPSA) is 47.0 Å². The molecule has 4 nitrogen and oxygen atoms in total. The Kier molecular flexibility index (Phi) is 3.76. The molecule has 0 aliphatic carbocycles. The quantitative estimate of drug-likeness (QED) is 0.880. The van der Waals surface area contributed by atoms with E-state index in [0.717, 1.165) is 30.5 Å². The number of hydrogen-bond acceptors (Lipinski definition) is 5. The summed E-state index contributed by atoms with van der Waals surface area (Å²) in [4.78, 5) is 4.45. The third-order valence-corrected chi connectivity index (χ3v) is 3.69. The number of aromatic nitrogens is 2. The zero-order valence-electron chi connectivity index (χ0n) is 10.1. The Balaban J connectivity index is 1.84. The van der Waals surface area contributed by atoms with Crippen molar-refractivity contribution in [1.82, 2.24) is 9.36 Å². The molecule has 1 saturated heterocycles. The maximum Gasteiger partial charge on any atom is 0.202 e. The van der Waals surface area contributed by atoms with Crippen LogP contribution in [0.3, 0.4) is 0 Å². The average molecular weight is 241 g/mol. The van der Waals surface area contributed by atoms with Crippen molar-refractivity contribution in [3.63, 3.8) is 0 Å². The monoisotopic (exact) mass is 241 g/mol. The lowest BCUT2D eigenvalue weighted by molar-refractivity contribution is 0.108. The fourth-order valence-corrected chi connectivity index (χ4v) is 2.52. The summed E-state index contributed by atoms with van der Waals surface area (Å²) in [6.07, 6.45) is 1.51. The molecular formula is C11H19N3OS. The molecule has 1 fully saturated rings. The minimum absolute atomic E-state index is 0.366. The van der Waals surface area contributed by atoms with Crippen molar-refractivity contribution >= 4 is 16.7 Å². The summed E-state index contributed by atoms with van der Waals surface area (Å²) in [6.45, 7) is 8.19. The number of hydrogen-bond donors (Lipinski definition) is 1. The number of anilines is 1. The fourth-order valence-electron chi connectivity index (χ4n) is 1.80. The molecule has 5 heteroatoms. The van der Waals surface area contributed by atoms with E-state index in [1.165, 1.54) is 11.5 Å². The van der Waals surface area contributed by atoms with Crippen LogP contribution in [0.1, 0.15) is 38.9 Å². The second kappa shape index (κ2) is 5.10. The van der Waals surface area contributed by atoms with E-state index in [0.29, 0.717) is 17.9 Å². The van der Waals surface area contributed by atoms with Gasteiger partial charge in [-0.05, 0) is 13.3 Å². The van der Waals surface area contributed by atoms with Crippen molar-refractivity contribution in [3.05, 3.63) is 5.82 Å². The Hall–Kier alpha value is -0.680. The molecule has 0 saturated carbocycles. The van der Waals surface area contributed by atoms with E-state index in [1.807, 2.05) is 0 Å². The third-order valence-electron chi connectivity index (χ3n) is 3.01. The highest BCUT2D eigenvalue weighted by Gasteiger charge is 2.24. The normalized spacial score (nSPS) is 25.2. The summed E-state index contributed by atoms with van der Waals surface area (Å²) in [6, 6.07) is 0. The van der Waals surface area contributed by atoms with Gasteiger partial charge in [-0.25, -0.2) is 4.98 Å². The van der Waals surface area contributed by atoms with E-state index in [-0.39, 0.29) is 0 Å². The molecule has 1 aliphatic heterocycles. The summed E-state index contributed by atoms with van der Waals surface area (Å²) in [5.41, 5.74) is 0. The van der Waals surface area contributed by atoms with Crippen LogP contribution in [0.4, 0.5) is 5.13 Å². The first kappa shape index (κ1) is 11.8. The van der Waals surface area contributed by atoms with E-state index < -0.39 is 0 Å².